The van der Waals surface area contributed by atoms with E-state index in [1.165, 1.54) is 21.3 Å². The second-order valence-electron chi connectivity index (χ2n) is 7.36. The summed E-state index contributed by atoms with van der Waals surface area (Å²) in [5.74, 6) is 1.91. The Morgan fingerprint density at radius 2 is 1.81 bits per heavy atom. The molecular weight excluding hydrogens is 416 g/mol. The molecule has 2 heterocycles. The number of hydrogen-bond donors (Lipinski definition) is 2. The van der Waals surface area contributed by atoms with E-state index in [1.54, 1.807) is 19.1 Å². The van der Waals surface area contributed by atoms with Gasteiger partial charge in [-0.05, 0) is 31.0 Å². The molecule has 1 saturated heterocycles. The van der Waals surface area contributed by atoms with E-state index in [0.29, 0.717) is 73.7 Å². The number of methoxy groups -OCH3 is 3. The third-order valence-electron chi connectivity index (χ3n) is 5.34. The van der Waals surface area contributed by atoms with Crippen LogP contribution in [0.5, 0.6) is 17.2 Å². The second kappa shape index (κ2) is 10.9. The quantitative estimate of drug-likeness (QED) is 0.590. The minimum absolute atomic E-state index is 0.171. The molecule has 0 unspecified atom stereocenters. The molecule has 1 fully saturated rings. The van der Waals surface area contributed by atoms with Gasteiger partial charge in [0.1, 0.15) is 0 Å². The third-order valence-corrected chi connectivity index (χ3v) is 5.34. The maximum absolute atomic E-state index is 12.6. The van der Waals surface area contributed by atoms with Crippen molar-refractivity contribution in [1.82, 2.24) is 15.3 Å². The molecule has 32 heavy (non-hydrogen) atoms. The first kappa shape index (κ1) is 23.4. The average Bonchev–Trinajstić information content (AvgIpc) is 2.81. The van der Waals surface area contributed by atoms with Crippen molar-refractivity contribution in [1.29, 1.82) is 0 Å². The van der Waals surface area contributed by atoms with Gasteiger partial charge in [0.15, 0.2) is 11.5 Å². The zero-order valence-corrected chi connectivity index (χ0v) is 18.9. The van der Waals surface area contributed by atoms with E-state index in [4.69, 9.17) is 18.9 Å². The van der Waals surface area contributed by atoms with Crippen LogP contribution in [0, 0.1) is 6.92 Å². The van der Waals surface area contributed by atoms with Crippen molar-refractivity contribution in [3.63, 3.8) is 0 Å². The topological polar surface area (TPSA) is 115 Å². The van der Waals surface area contributed by atoms with Gasteiger partial charge in [0, 0.05) is 37.3 Å². The Kier molecular flexibility index (Phi) is 7.93. The number of benzene rings is 1. The molecule has 0 atom stereocenters. The van der Waals surface area contributed by atoms with Crippen LogP contribution < -0.4 is 30.0 Å². The van der Waals surface area contributed by atoms with E-state index >= 15 is 0 Å². The molecular formula is C22H30N4O6. The lowest BCUT2D eigenvalue weighted by Crippen LogP contribution is -2.38. The van der Waals surface area contributed by atoms with Crippen LogP contribution in [0.1, 0.15) is 23.2 Å². The fourth-order valence-corrected chi connectivity index (χ4v) is 3.58. The number of ether oxygens (including phenoxy) is 4. The number of carbonyl (C=O) groups is 1. The Bertz CT molecular complexity index is 975. The Balaban J connectivity index is 1.60. The Labute approximate surface area is 186 Å². The van der Waals surface area contributed by atoms with Gasteiger partial charge in [-0.25, -0.2) is 4.98 Å². The summed E-state index contributed by atoms with van der Waals surface area (Å²) in [6, 6.07) is 3.57. The van der Waals surface area contributed by atoms with Gasteiger partial charge in [0.25, 0.3) is 5.56 Å². The number of nitrogens with one attached hydrogen (secondary N) is 2. The fraction of sp³-hybridized carbons (Fsp3) is 0.500. The molecule has 10 nitrogen and oxygen atoms in total. The van der Waals surface area contributed by atoms with Gasteiger partial charge in [-0.3, -0.25) is 14.6 Å². The summed E-state index contributed by atoms with van der Waals surface area (Å²) in [5.41, 5.74) is 1.74. The number of H-pyrrole nitrogens is 1. The second-order valence-corrected chi connectivity index (χ2v) is 7.36. The normalized spacial score (nSPS) is 13.6. The number of aromatic amines is 1. The highest BCUT2D eigenvalue weighted by atomic mass is 16.5. The van der Waals surface area contributed by atoms with Crippen molar-refractivity contribution in [3.05, 3.63) is 39.3 Å². The van der Waals surface area contributed by atoms with Crippen molar-refractivity contribution < 1.29 is 23.7 Å². The van der Waals surface area contributed by atoms with Gasteiger partial charge in [0.2, 0.25) is 17.6 Å². The number of anilines is 1. The van der Waals surface area contributed by atoms with Crippen LogP contribution in [0.15, 0.2) is 16.9 Å². The molecule has 1 aliphatic rings. The third kappa shape index (κ3) is 5.50. The summed E-state index contributed by atoms with van der Waals surface area (Å²) in [7, 11) is 4.61. The van der Waals surface area contributed by atoms with Crippen LogP contribution in [0.25, 0.3) is 0 Å². The highest BCUT2D eigenvalue weighted by Crippen LogP contribution is 2.38. The van der Waals surface area contributed by atoms with E-state index in [0.717, 1.165) is 5.56 Å². The fourth-order valence-electron chi connectivity index (χ4n) is 3.58. The minimum Gasteiger partial charge on any atom is -0.493 e. The van der Waals surface area contributed by atoms with Gasteiger partial charge in [-0.15, -0.1) is 0 Å². The number of hydrogen-bond acceptors (Lipinski definition) is 8. The standard InChI is InChI=1S/C22H30N4O6/c1-14-16(21(28)25-22(24-14)26-7-9-32-10-8-26)5-6-19(27)23-13-15-11-17(29-2)20(31-4)18(12-15)30-3/h11-12H,5-10,13H2,1-4H3,(H,23,27)(H,24,25,28). The highest BCUT2D eigenvalue weighted by Gasteiger charge is 2.17. The van der Waals surface area contributed by atoms with Crippen molar-refractivity contribution in [2.45, 2.75) is 26.3 Å². The first-order valence-electron chi connectivity index (χ1n) is 10.4. The van der Waals surface area contributed by atoms with Crippen LogP contribution in [-0.4, -0.2) is 63.5 Å². The molecule has 0 radical (unpaired) electrons. The molecule has 1 amide bonds. The smallest absolute Gasteiger partial charge is 0.255 e. The van der Waals surface area contributed by atoms with Crippen LogP contribution in [-0.2, 0) is 22.5 Å². The van der Waals surface area contributed by atoms with Crippen molar-refractivity contribution in [2.24, 2.45) is 0 Å². The van der Waals surface area contributed by atoms with Gasteiger partial charge < -0.3 is 29.2 Å². The summed E-state index contributed by atoms with van der Waals surface area (Å²) >= 11 is 0. The number of nitrogens with zero attached hydrogens (tertiary/aromatic N) is 2. The van der Waals surface area contributed by atoms with E-state index in [1.807, 2.05) is 4.90 Å². The largest absolute Gasteiger partial charge is 0.493 e. The Morgan fingerprint density at radius 3 is 2.38 bits per heavy atom. The maximum atomic E-state index is 12.6. The molecule has 1 aromatic heterocycles. The van der Waals surface area contributed by atoms with Crippen molar-refractivity contribution in [2.75, 3.05) is 52.5 Å². The molecule has 0 saturated carbocycles. The molecule has 2 aromatic rings. The molecule has 2 N–H and O–H groups in total. The lowest BCUT2D eigenvalue weighted by Gasteiger charge is -2.27. The van der Waals surface area contributed by atoms with Gasteiger partial charge in [-0.2, -0.15) is 0 Å². The lowest BCUT2D eigenvalue weighted by atomic mass is 10.1. The Hall–Kier alpha value is -3.27. The monoisotopic (exact) mass is 446 g/mol. The number of carbonyl (C=O) groups excluding carboxylic acids is 1. The maximum Gasteiger partial charge on any atom is 0.255 e. The van der Waals surface area contributed by atoms with E-state index in [-0.39, 0.29) is 17.9 Å². The number of rotatable bonds is 9. The lowest BCUT2D eigenvalue weighted by molar-refractivity contribution is -0.121. The zero-order chi connectivity index (χ0) is 23.1. The van der Waals surface area contributed by atoms with Gasteiger partial charge >= 0.3 is 0 Å². The molecule has 174 valence electrons. The molecule has 0 aliphatic carbocycles. The van der Waals surface area contributed by atoms with Crippen LogP contribution in [0.2, 0.25) is 0 Å². The molecule has 0 spiro atoms. The number of aromatic nitrogens is 2. The van der Waals surface area contributed by atoms with E-state index < -0.39 is 0 Å². The van der Waals surface area contributed by atoms with Crippen molar-refractivity contribution in [3.8, 4) is 17.2 Å². The molecule has 1 aromatic carbocycles. The van der Waals surface area contributed by atoms with Crippen molar-refractivity contribution >= 4 is 11.9 Å². The average molecular weight is 447 g/mol. The molecule has 0 bridgehead atoms. The van der Waals surface area contributed by atoms with Crippen LogP contribution in [0.4, 0.5) is 5.95 Å². The summed E-state index contributed by atoms with van der Waals surface area (Å²) in [6.45, 7) is 4.67. The van der Waals surface area contributed by atoms with E-state index in [2.05, 4.69) is 15.3 Å². The summed E-state index contributed by atoms with van der Waals surface area (Å²) in [5, 5.41) is 2.87. The van der Waals surface area contributed by atoms with Crippen LogP contribution in [0.3, 0.4) is 0 Å². The predicted octanol–water partition coefficient (Wildman–Crippen LogP) is 1.19. The van der Waals surface area contributed by atoms with Gasteiger partial charge in [-0.1, -0.05) is 0 Å². The number of morpholine rings is 1. The van der Waals surface area contributed by atoms with Crippen LogP contribution >= 0.6 is 0 Å². The minimum atomic E-state index is -0.212. The SMILES string of the molecule is COc1cc(CNC(=O)CCc2c(C)nc(N3CCOCC3)[nH]c2=O)cc(OC)c1OC. The molecule has 3 rings (SSSR count). The zero-order valence-electron chi connectivity index (χ0n) is 18.9. The molecule has 1 aliphatic heterocycles. The summed E-state index contributed by atoms with van der Waals surface area (Å²) in [4.78, 5) is 34.3. The molecule has 10 heteroatoms. The van der Waals surface area contributed by atoms with E-state index in [9.17, 15) is 9.59 Å². The predicted molar refractivity (Wildman–Crippen MR) is 119 cm³/mol. The van der Waals surface area contributed by atoms with Gasteiger partial charge in [0.05, 0.1) is 34.5 Å². The summed E-state index contributed by atoms with van der Waals surface area (Å²) < 4.78 is 21.3. The summed E-state index contributed by atoms with van der Waals surface area (Å²) in [6.07, 6.45) is 0.478. The number of aryl methyl sites for hydroxylation is 1. The first-order valence-corrected chi connectivity index (χ1v) is 10.4. The number of amides is 1. The highest BCUT2D eigenvalue weighted by molar-refractivity contribution is 5.76. The Morgan fingerprint density at radius 1 is 1.16 bits per heavy atom. The first-order chi connectivity index (χ1) is 15.5.